The van der Waals surface area contributed by atoms with Gasteiger partial charge in [0.05, 0.1) is 11.6 Å². The van der Waals surface area contributed by atoms with Gasteiger partial charge in [-0.3, -0.25) is 4.79 Å². The van der Waals surface area contributed by atoms with Crippen molar-refractivity contribution in [2.24, 2.45) is 0 Å². The van der Waals surface area contributed by atoms with Gasteiger partial charge in [-0.15, -0.1) is 0 Å². The van der Waals surface area contributed by atoms with Crippen molar-refractivity contribution in [2.75, 3.05) is 11.1 Å². The number of hydrogen-bond donors (Lipinski definition) is 3. The van der Waals surface area contributed by atoms with Crippen LogP contribution in [0.2, 0.25) is 0 Å². The van der Waals surface area contributed by atoms with Gasteiger partial charge in [0.1, 0.15) is 47.9 Å². The fourth-order valence-corrected chi connectivity index (χ4v) is 3.64. The number of nitriles is 1. The number of pyridine rings is 1. The predicted octanol–water partition coefficient (Wildman–Crippen LogP) is 4.36. The van der Waals surface area contributed by atoms with E-state index in [9.17, 15) is 23.2 Å². The molecule has 4 aromatic rings. The highest BCUT2D eigenvalue weighted by atomic mass is 19.1. The zero-order chi connectivity index (χ0) is 23.7. The van der Waals surface area contributed by atoms with E-state index in [2.05, 4.69) is 20.3 Å². The maximum Gasteiger partial charge on any atom is 0.197 e. The summed E-state index contributed by atoms with van der Waals surface area (Å²) in [6.07, 6.45) is 1.18. The summed E-state index contributed by atoms with van der Waals surface area (Å²) in [7, 11) is 0. The van der Waals surface area contributed by atoms with Crippen molar-refractivity contribution in [1.82, 2.24) is 15.0 Å². The van der Waals surface area contributed by atoms with Crippen molar-refractivity contribution < 1.29 is 13.2 Å². The summed E-state index contributed by atoms with van der Waals surface area (Å²) >= 11 is 0. The lowest BCUT2D eigenvalue weighted by atomic mass is 9.96. The summed E-state index contributed by atoms with van der Waals surface area (Å²) in [6.45, 7) is 0.900. The first kappa shape index (κ1) is 21.8. The molecule has 1 atom stereocenters. The fraction of sp³-hybridized carbons (Fsp3) is 0.130. The van der Waals surface area contributed by atoms with Crippen LogP contribution in [-0.2, 0) is 6.67 Å². The van der Waals surface area contributed by atoms with Crippen LogP contribution in [0, 0.1) is 23.0 Å². The number of benzene rings is 2. The minimum atomic E-state index is -0.857. The molecule has 4 rings (SSSR count). The maximum absolute atomic E-state index is 14.0. The standard InChI is InChI=1S/C23H17F3N6O/c1-11(31-23-17(9-27)22(28)29-10-30-23)20-19(13-5-14(25)7-15(26)6-13)21(33)16-4-12(8-24)2-3-18(16)32-20/h2-7,10-11H,8H2,1H3,(H,32,33)(H3,28,29,30,31). The Bertz CT molecular complexity index is 1460. The van der Waals surface area contributed by atoms with Crippen LogP contribution in [0.1, 0.15) is 29.8 Å². The number of nitrogens with two attached hydrogens (primary N) is 1. The number of fused-ring (bicyclic) bond motifs is 1. The Labute approximate surface area is 185 Å². The second-order valence-electron chi connectivity index (χ2n) is 7.37. The molecule has 0 bridgehead atoms. The number of H-pyrrole nitrogens is 1. The van der Waals surface area contributed by atoms with E-state index in [4.69, 9.17) is 5.73 Å². The normalized spacial score (nSPS) is 11.8. The summed E-state index contributed by atoms with van der Waals surface area (Å²) in [5.74, 6) is -1.62. The lowest BCUT2D eigenvalue weighted by Crippen LogP contribution is -2.19. The van der Waals surface area contributed by atoms with Crippen molar-refractivity contribution in [3.8, 4) is 17.2 Å². The molecule has 10 heteroatoms. The van der Waals surface area contributed by atoms with Crippen LogP contribution in [0.15, 0.2) is 47.5 Å². The Balaban J connectivity index is 1.96. The third-order valence-corrected chi connectivity index (χ3v) is 5.17. The number of aromatic amines is 1. The third-order valence-electron chi connectivity index (χ3n) is 5.17. The average Bonchev–Trinajstić information content (AvgIpc) is 2.78. The van der Waals surface area contributed by atoms with Crippen LogP contribution in [0.4, 0.5) is 24.8 Å². The third kappa shape index (κ3) is 4.08. The number of rotatable bonds is 5. The first-order valence-electron chi connectivity index (χ1n) is 9.80. The molecular weight excluding hydrogens is 433 g/mol. The quantitative estimate of drug-likeness (QED) is 0.416. The first-order valence-corrected chi connectivity index (χ1v) is 9.80. The molecule has 0 spiro atoms. The number of nitrogens with one attached hydrogen (secondary N) is 2. The molecule has 0 saturated heterocycles. The van der Waals surface area contributed by atoms with Crippen LogP contribution in [0.5, 0.6) is 0 Å². The number of hydrogen-bond acceptors (Lipinski definition) is 6. The molecule has 0 fully saturated rings. The second kappa shape index (κ2) is 8.63. The van der Waals surface area contributed by atoms with Crippen LogP contribution in [0.3, 0.4) is 0 Å². The average molecular weight is 450 g/mol. The van der Waals surface area contributed by atoms with Gasteiger partial charge in [0.2, 0.25) is 0 Å². The minimum absolute atomic E-state index is 0.00237. The topological polar surface area (TPSA) is 120 Å². The Hall–Kier alpha value is -4.39. The van der Waals surface area contributed by atoms with Crippen LogP contribution in [0.25, 0.3) is 22.0 Å². The highest BCUT2D eigenvalue weighted by Crippen LogP contribution is 2.30. The van der Waals surface area contributed by atoms with Gasteiger partial charge in [-0.1, -0.05) is 6.07 Å². The molecule has 2 heterocycles. The van der Waals surface area contributed by atoms with Crippen LogP contribution >= 0.6 is 0 Å². The van der Waals surface area contributed by atoms with E-state index in [1.54, 1.807) is 13.0 Å². The van der Waals surface area contributed by atoms with Gasteiger partial charge in [-0.05, 0) is 42.3 Å². The monoisotopic (exact) mass is 450 g/mol. The van der Waals surface area contributed by atoms with Crippen molar-refractivity contribution in [3.05, 3.63) is 81.4 Å². The molecule has 166 valence electrons. The van der Waals surface area contributed by atoms with E-state index in [1.165, 1.54) is 18.5 Å². The summed E-state index contributed by atoms with van der Waals surface area (Å²) in [4.78, 5) is 24.4. The van der Waals surface area contributed by atoms with Crippen molar-refractivity contribution in [2.45, 2.75) is 19.6 Å². The van der Waals surface area contributed by atoms with E-state index in [-0.39, 0.29) is 39.4 Å². The number of nitrogen functional groups attached to an aromatic ring is 1. The summed E-state index contributed by atoms with van der Waals surface area (Å²) < 4.78 is 41.2. The number of alkyl halides is 1. The Morgan fingerprint density at radius 3 is 2.58 bits per heavy atom. The molecule has 2 aromatic heterocycles. The highest BCUT2D eigenvalue weighted by molar-refractivity contribution is 5.86. The molecule has 33 heavy (non-hydrogen) atoms. The van der Waals surface area contributed by atoms with E-state index in [0.29, 0.717) is 17.1 Å². The van der Waals surface area contributed by atoms with Gasteiger partial charge < -0.3 is 16.0 Å². The van der Waals surface area contributed by atoms with Gasteiger partial charge in [-0.2, -0.15) is 5.26 Å². The number of aromatic nitrogens is 3. The lowest BCUT2D eigenvalue weighted by Gasteiger charge is -2.20. The number of halogens is 3. The molecule has 0 amide bonds. The summed E-state index contributed by atoms with van der Waals surface area (Å²) in [5, 5.41) is 12.6. The first-order chi connectivity index (χ1) is 15.8. The molecule has 2 aromatic carbocycles. The predicted molar refractivity (Wildman–Crippen MR) is 118 cm³/mol. The van der Waals surface area contributed by atoms with E-state index in [0.717, 1.165) is 12.1 Å². The molecular formula is C23H17F3N6O. The summed E-state index contributed by atoms with van der Waals surface area (Å²) in [5.41, 5.74) is 6.21. The Morgan fingerprint density at radius 1 is 1.18 bits per heavy atom. The lowest BCUT2D eigenvalue weighted by molar-refractivity contribution is 0.485. The van der Waals surface area contributed by atoms with Gasteiger partial charge in [0, 0.05) is 22.7 Å². The van der Waals surface area contributed by atoms with Gasteiger partial charge in [0.15, 0.2) is 5.43 Å². The van der Waals surface area contributed by atoms with Gasteiger partial charge >= 0.3 is 0 Å². The molecule has 4 N–H and O–H groups in total. The molecule has 1 unspecified atom stereocenters. The number of nitrogens with zero attached hydrogens (tertiary/aromatic N) is 3. The zero-order valence-corrected chi connectivity index (χ0v) is 17.3. The van der Waals surface area contributed by atoms with Crippen LogP contribution in [-0.4, -0.2) is 15.0 Å². The molecule has 0 aliphatic rings. The highest BCUT2D eigenvalue weighted by Gasteiger charge is 2.22. The minimum Gasteiger partial charge on any atom is -0.382 e. The molecule has 0 aliphatic heterocycles. The SMILES string of the molecule is CC(Nc1ncnc(N)c1C#N)c1[nH]c2ccc(CF)cc2c(=O)c1-c1cc(F)cc(F)c1. The number of anilines is 2. The van der Waals surface area contributed by atoms with Gasteiger partial charge in [0.25, 0.3) is 0 Å². The smallest absolute Gasteiger partial charge is 0.197 e. The Kier molecular flexibility index (Phi) is 5.70. The zero-order valence-electron chi connectivity index (χ0n) is 17.3. The summed E-state index contributed by atoms with van der Waals surface area (Å²) in [6, 6.07) is 8.49. The van der Waals surface area contributed by atoms with E-state index in [1.807, 2.05) is 6.07 Å². The van der Waals surface area contributed by atoms with E-state index >= 15 is 0 Å². The second-order valence-corrected chi connectivity index (χ2v) is 7.37. The molecule has 7 nitrogen and oxygen atoms in total. The van der Waals surface area contributed by atoms with E-state index < -0.39 is 29.8 Å². The van der Waals surface area contributed by atoms with Crippen molar-refractivity contribution in [3.63, 3.8) is 0 Å². The molecule has 0 radical (unpaired) electrons. The Morgan fingerprint density at radius 2 is 1.91 bits per heavy atom. The largest absolute Gasteiger partial charge is 0.382 e. The van der Waals surface area contributed by atoms with Gasteiger partial charge in [-0.25, -0.2) is 23.1 Å². The molecule has 0 aliphatic carbocycles. The molecule has 0 saturated carbocycles. The van der Waals surface area contributed by atoms with Crippen molar-refractivity contribution in [1.29, 1.82) is 5.26 Å². The maximum atomic E-state index is 14.0. The van der Waals surface area contributed by atoms with Crippen molar-refractivity contribution >= 4 is 22.5 Å². The van der Waals surface area contributed by atoms with Crippen LogP contribution < -0.4 is 16.5 Å². The fourth-order valence-electron chi connectivity index (χ4n) is 3.64.